The van der Waals surface area contributed by atoms with Crippen LogP contribution >= 0.6 is 24.8 Å². The molecule has 0 bridgehead atoms. The first kappa shape index (κ1) is 22.8. The summed E-state index contributed by atoms with van der Waals surface area (Å²) < 4.78 is 11.5. The minimum absolute atomic E-state index is 0. The number of rotatable bonds is 3. The minimum Gasteiger partial charge on any atom is -0.496 e. The van der Waals surface area contributed by atoms with Gasteiger partial charge in [-0.05, 0) is 44.4 Å². The number of halogens is 2. The molecule has 0 radical (unpaired) electrons. The van der Waals surface area contributed by atoms with Crippen molar-refractivity contribution in [3.05, 3.63) is 33.6 Å². The van der Waals surface area contributed by atoms with E-state index in [1.54, 1.807) is 7.11 Å². The second-order valence-electron chi connectivity index (χ2n) is 7.51. The number of morpholine rings is 1. The molecule has 6 nitrogen and oxygen atoms in total. The minimum atomic E-state index is 0. The SMILES string of the molecule is COc1cc(CN2CC(C)OC(C)C2)cc2[nH]c(=O)c3c(c12)NCCC3.Cl.Cl. The van der Waals surface area contributed by atoms with Gasteiger partial charge in [-0.3, -0.25) is 9.69 Å². The number of H-pyrrole nitrogens is 1. The van der Waals surface area contributed by atoms with Gasteiger partial charge in [0.05, 0.1) is 35.9 Å². The molecule has 0 amide bonds. The number of aromatic amines is 1. The number of fused-ring (bicyclic) bond motifs is 3. The first-order valence-corrected chi connectivity index (χ1v) is 9.42. The van der Waals surface area contributed by atoms with Crippen molar-refractivity contribution < 1.29 is 9.47 Å². The van der Waals surface area contributed by atoms with Crippen molar-refractivity contribution in [1.82, 2.24) is 9.88 Å². The van der Waals surface area contributed by atoms with Gasteiger partial charge in [-0.1, -0.05) is 0 Å². The van der Waals surface area contributed by atoms with Gasteiger partial charge in [0.1, 0.15) is 5.75 Å². The van der Waals surface area contributed by atoms with E-state index in [-0.39, 0.29) is 42.6 Å². The number of pyridine rings is 1. The lowest BCUT2D eigenvalue weighted by Gasteiger charge is -2.35. The lowest BCUT2D eigenvalue weighted by Crippen LogP contribution is -2.44. The van der Waals surface area contributed by atoms with Crippen molar-refractivity contribution in [3.8, 4) is 5.75 Å². The smallest absolute Gasteiger partial charge is 0.253 e. The van der Waals surface area contributed by atoms with Gasteiger partial charge in [0, 0.05) is 31.7 Å². The summed E-state index contributed by atoms with van der Waals surface area (Å²) in [6.07, 6.45) is 2.26. The van der Waals surface area contributed by atoms with Crippen LogP contribution in [0, 0.1) is 0 Å². The number of nitrogens with zero attached hydrogens (tertiary/aromatic N) is 1. The predicted molar refractivity (Wildman–Crippen MR) is 118 cm³/mol. The van der Waals surface area contributed by atoms with E-state index in [9.17, 15) is 4.79 Å². The number of benzene rings is 1. The third-order valence-electron chi connectivity index (χ3n) is 5.26. The second kappa shape index (κ2) is 9.35. The third-order valence-corrected chi connectivity index (χ3v) is 5.26. The Hall–Kier alpha value is -1.47. The number of ether oxygens (including phenoxy) is 2. The van der Waals surface area contributed by atoms with Gasteiger partial charge < -0.3 is 19.8 Å². The van der Waals surface area contributed by atoms with Crippen molar-refractivity contribution in [3.63, 3.8) is 0 Å². The molecule has 156 valence electrons. The Balaban J connectivity index is 0.00000140. The molecule has 3 heterocycles. The highest BCUT2D eigenvalue weighted by Crippen LogP contribution is 2.35. The molecule has 2 aliphatic rings. The van der Waals surface area contributed by atoms with Gasteiger partial charge in [-0.2, -0.15) is 0 Å². The van der Waals surface area contributed by atoms with Crippen molar-refractivity contribution in [2.24, 2.45) is 0 Å². The molecule has 28 heavy (non-hydrogen) atoms. The van der Waals surface area contributed by atoms with Gasteiger partial charge >= 0.3 is 0 Å². The lowest BCUT2D eigenvalue weighted by molar-refractivity contribution is -0.0704. The van der Waals surface area contributed by atoms with E-state index in [4.69, 9.17) is 9.47 Å². The van der Waals surface area contributed by atoms with Crippen LogP contribution in [0.15, 0.2) is 16.9 Å². The molecule has 1 fully saturated rings. The molecule has 0 aliphatic carbocycles. The van der Waals surface area contributed by atoms with Crippen molar-refractivity contribution >= 4 is 41.4 Å². The van der Waals surface area contributed by atoms with E-state index < -0.39 is 0 Å². The highest BCUT2D eigenvalue weighted by molar-refractivity contribution is 5.98. The average molecular weight is 430 g/mol. The maximum atomic E-state index is 12.5. The largest absolute Gasteiger partial charge is 0.496 e. The van der Waals surface area contributed by atoms with Crippen LogP contribution in [0.4, 0.5) is 5.69 Å². The quantitative estimate of drug-likeness (QED) is 0.782. The van der Waals surface area contributed by atoms with Gasteiger partial charge in [-0.25, -0.2) is 0 Å². The van der Waals surface area contributed by atoms with Crippen LogP contribution in [-0.4, -0.2) is 48.8 Å². The zero-order valence-electron chi connectivity index (χ0n) is 16.5. The molecule has 2 N–H and O–H groups in total. The molecule has 1 saturated heterocycles. The van der Waals surface area contributed by atoms with E-state index in [1.165, 1.54) is 0 Å². The number of anilines is 1. The summed E-state index contributed by atoms with van der Waals surface area (Å²) in [6.45, 7) is 7.74. The number of nitrogens with one attached hydrogen (secondary N) is 2. The molecule has 0 saturated carbocycles. The molecule has 0 spiro atoms. The van der Waals surface area contributed by atoms with Crippen LogP contribution < -0.4 is 15.6 Å². The predicted octanol–water partition coefficient (Wildman–Crippen LogP) is 3.35. The fourth-order valence-electron chi connectivity index (χ4n) is 4.33. The van der Waals surface area contributed by atoms with Crippen LogP contribution in [0.25, 0.3) is 10.9 Å². The Morgan fingerprint density at radius 1 is 1.21 bits per heavy atom. The van der Waals surface area contributed by atoms with E-state index in [0.29, 0.717) is 0 Å². The third kappa shape index (κ3) is 4.40. The van der Waals surface area contributed by atoms with E-state index in [1.807, 2.05) is 0 Å². The maximum Gasteiger partial charge on any atom is 0.253 e. The van der Waals surface area contributed by atoms with Gasteiger partial charge in [-0.15, -0.1) is 24.8 Å². The van der Waals surface area contributed by atoms with Crippen LogP contribution in [0.3, 0.4) is 0 Å². The summed E-state index contributed by atoms with van der Waals surface area (Å²) in [4.78, 5) is 18.0. The number of hydrogen-bond donors (Lipinski definition) is 2. The van der Waals surface area contributed by atoms with Crippen LogP contribution in [0.5, 0.6) is 5.75 Å². The zero-order valence-corrected chi connectivity index (χ0v) is 18.2. The Morgan fingerprint density at radius 2 is 1.93 bits per heavy atom. The van der Waals surface area contributed by atoms with E-state index in [0.717, 1.165) is 72.5 Å². The average Bonchev–Trinajstić information content (AvgIpc) is 2.60. The Bertz CT molecular complexity index is 877. The van der Waals surface area contributed by atoms with Crippen molar-refractivity contribution in [2.45, 2.75) is 45.4 Å². The van der Waals surface area contributed by atoms with Crippen LogP contribution in [-0.2, 0) is 17.7 Å². The lowest BCUT2D eigenvalue weighted by atomic mass is 9.99. The highest BCUT2D eigenvalue weighted by Gasteiger charge is 2.24. The van der Waals surface area contributed by atoms with Gasteiger partial charge in [0.15, 0.2) is 0 Å². The zero-order chi connectivity index (χ0) is 18.3. The molecule has 4 rings (SSSR count). The first-order chi connectivity index (χ1) is 12.5. The maximum absolute atomic E-state index is 12.5. The van der Waals surface area contributed by atoms with Gasteiger partial charge in [0.2, 0.25) is 0 Å². The molecule has 1 aromatic carbocycles. The van der Waals surface area contributed by atoms with Gasteiger partial charge in [0.25, 0.3) is 5.56 Å². The molecule has 2 atom stereocenters. The number of hydrogen-bond acceptors (Lipinski definition) is 5. The molecular weight excluding hydrogens is 401 g/mol. The molecule has 2 aliphatic heterocycles. The van der Waals surface area contributed by atoms with Crippen LogP contribution in [0.1, 0.15) is 31.4 Å². The summed E-state index contributed by atoms with van der Waals surface area (Å²) in [5, 5.41) is 4.39. The van der Waals surface area contributed by atoms with E-state index in [2.05, 4.69) is 41.2 Å². The molecule has 1 aromatic heterocycles. The van der Waals surface area contributed by atoms with Crippen molar-refractivity contribution in [1.29, 1.82) is 0 Å². The number of methoxy groups -OCH3 is 1. The first-order valence-electron chi connectivity index (χ1n) is 9.42. The summed E-state index contributed by atoms with van der Waals surface area (Å²) in [7, 11) is 1.69. The van der Waals surface area contributed by atoms with E-state index >= 15 is 0 Å². The molecule has 2 aromatic rings. The highest BCUT2D eigenvalue weighted by atomic mass is 35.5. The summed E-state index contributed by atoms with van der Waals surface area (Å²) in [5.74, 6) is 0.814. The summed E-state index contributed by atoms with van der Waals surface area (Å²) in [5.41, 5.74) is 3.76. The van der Waals surface area contributed by atoms with Crippen LogP contribution in [0.2, 0.25) is 0 Å². The monoisotopic (exact) mass is 429 g/mol. The molecule has 8 heteroatoms. The Kier molecular flexibility index (Phi) is 7.62. The second-order valence-corrected chi connectivity index (χ2v) is 7.51. The number of aromatic nitrogens is 1. The molecule has 2 unspecified atom stereocenters. The standard InChI is InChI=1S/C20H27N3O3.2ClH/c1-12-9-23(10-13(2)26-12)11-14-7-16-18(17(8-14)25-3)19-15(20(24)22-16)5-4-6-21-19;;/h7-8,12-13,21H,4-6,9-11H2,1-3H3,(H,22,24);2*1H. The summed E-state index contributed by atoms with van der Waals surface area (Å²) >= 11 is 0. The summed E-state index contributed by atoms with van der Waals surface area (Å²) in [6, 6.07) is 4.18. The normalized spacial score (nSPS) is 21.8. The fourth-order valence-corrected chi connectivity index (χ4v) is 4.33. The van der Waals surface area contributed by atoms with Crippen molar-refractivity contribution in [2.75, 3.05) is 32.1 Å². The molecular formula is C20H29Cl2N3O3. The Labute approximate surface area is 177 Å². The fraction of sp³-hybridized carbons (Fsp3) is 0.550. The Morgan fingerprint density at radius 3 is 2.61 bits per heavy atom. The topological polar surface area (TPSA) is 66.6 Å².